The first-order valence-corrected chi connectivity index (χ1v) is 3.46. The number of carbonyl (C=O) groups is 1. The lowest BCUT2D eigenvalue weighted by Crippen LogP contribution is -2.01. The van der Waals surface area contributed by atoms with Crippen molar-refractivity contribution < 1.29 is 14.6 Å². The van der Waals surface area contributed by atoms with E-state index < -0.39 is 5.97 Å². The lowest BCUT2D eigenvalue weighted by atomic mass is 10.3. The fourth-order valence-corrected chi connectivity index (χ4v) is 0.750. The molecule has 0 aliphatic carbocycles. The molecule has 0 saturated carbocycles. The first kappa shape index (κ1) is 9.65. The van der Waals surface area contributed by atoms with Crippen LogP contribution in [0.2, 0.25) is 0 Å². The summed E-state index contributed by atoms with van der Waals surface area (Å²) in [5.74, 6) is -0.927. The molecule has 0 aliphatic heterocycles. The summed E-state index contributed by atoms with van der Waals surface area (Å²) in [6, 6.07) is 0. The fraction of sp³-hybridized carbons (Fsp3) is 0.500. The predicted molar refractivity (Wildman–Crippen MR) is 41.1 cm³/mol. The normalized spacial score (nSPS) is 12.7. The minimum atomic E-state index is -0.927. The molecule has 0 heterocycles. The quantitative estimate of drug-likeness (QED) is 0.714. The highest BCUT2D eigenvalue weighted by atomic mass is 79.9. The van der Waals surface area contributed by atoms with Crippen LogP contribution in [0.3, 0.4) is 0 Å². The van der Waals surface area contributed by atoms with E-state index in [9.17, 15) is 4.79 Å². The molecule has 0 saturated heterocycles. The molecule has 3 nitrogen and oxygen atoms in total. The van der Waals surface area contributed by atoms with Gasteiger partial charge in [-0.2, -0.15) is 0 Å². The van der Waals surface area contributed by atoms with Gasteiger partial charge in [0.2, 0.25) is 0 Å². The number of hydrogen-bond donors (Lipinski definition) is 1. The smallest absolute Gasteiger partial charge is 0.332 e. The van der Waals surface area contributed by atoms with Crippen LogP contribution in [0.5, 0.6) is 0 Å². The van der Waals surface area contributed by atoms with Crippen LogP contribution in [-0.4, -0.2) is 24.8 Å². The third-order valence-corrected chi connectivity index (χ3v) is 1.82. The molecule has 0 aromatic heterocycles. The van der Waals surface area contributed by atoms with Crippen LogP contribution < -0.4 is 0 Å². The van der Waals surface area contributed by atoms with E-state index >= 15 is 0 Å². The van der Waals surface area contributed by atoms with E-state index in [1.54, 1.807) is 0 Å². The first-order chi connectivity index (χ1) is 4.59. The third kappa shape index (κ3) is 2.98. The summed E-state index contributed by atoms with van der Waals surface area (Å²) < 4.78 is 5.28. The van der Waals surface area contributed by atoms with E-state index in [1.165, 1.54) is 14.0 Å². The van der Waals surface area contributed by atoms with E-state index in [2.05, 4.69) is 15.9 Å². The van der Waals surface area contributed by atoms with Gasteiger partial charge in [-0.15, -0.1) is 0 Å². The topological polar surface area (TPSA) is 46.5 Å². The maximum Gasteiger partial charge on any atom is 0.332 e. The average molecular weight is 209 g/mol. The van der Waals surface area contributed by atoms with Gasteiger partial charge in [-0.25, -0.2) is 4.79 Å². The van der Waals surface area contributed by atoms with Gasteiger partial charge in [0.05, 0.1) is 6.61 Å². The van der Waals surface area contributed by atoms with Crippen LogP contribution in [0.1, 0.15) is 6.92 Å². The lowest BCUT2D eigenvalue weighted by Gasteiger charge is -1.98. The zero-order chi connectivity index (χ0) is 8.15. The van der Waals surface area contributed by atoms with Crippen molar-refractivity contribution in [1.82, 2.24) is 0 Å². The van der Waals surface area contributed by atoms with Crippen molar-refractivity contribution in [2.45, 2.75) is 6.92 Å². The van der Waals surface area contributed by atoms with E-state index in [0.29, 0.717) is 11.1 Å². The Bertz CT molecular complexity index is 162. The molecule has 0 aromatic carbocycles. The van der Waals surface area contributed by atoms with Crippen molar-refractivity contribution in [2.75, 3.05) is 13.7 Å². The molecule has 4 heteroatoms. The maximum atomic E-state index is 10.3. The molecule has 0 unspecified atom stereocenters. The number of rotatable bonds is 3. The molecule has 0 fully saturated rings. The van der Waals surface area contributed by atoms with Crippen molar-refractivity contribution in [3.63, 3.8) is 0 Å². The van der Waals surface area contributed by atoms with Crippen LogP contribution in [0, 0.1) is 0 Å². The summed E-state index contributed by atoms with van der Waals surface area (Å²) in [5, 5.41) is 8.44. The van der Waals surface area contributed by atoms with Gasteiger partial charge in [-0.05, 0) is 6.92 Å². The van der Waals surface area contributed by atoms with Crippen molar-refractivity contribution in [3.05, 3.63) is 10.1 Å². The van der Waals surface area contributed by atoms with Crippen LogP contribution in [0.15, 0.2) is 10.1 Å². The van der Waals surface area contributed by atoms with E-state index in [4.69, 9.17) is 9.84 Å². The van der Waals surface area contributed by atoms with Crippen molar-refractivity contribution in [3.8, 4) is 0 Å². The van der Waals surface area contributed by atoms with Gasteiger partial charge in [-0.1, -0.05) is 15.9 Å². The Morgan fingerprint density at radius 1 is 1.70 bits per heavy atom. The Morgan fingerprint density at radius 2 is 2.20 bits per heavy atom. The lowest BCUT2D eigenvalue weighted by molar-refractivity contribution is -0.132. The van der Waals surface area contributed by atoms with Crippen molar-refractivity contribution >= 4 is 21.9 Å². The molecule has 0 bridgehead atoms. The number of aliphatic carboxylic acids is 1. The summed E-state index contributed by atoms with van der Waals surface area (Å²) in [5.41, 5.74) is 0.279. The molecule has 10 heavy (non-hydrogen) atoms. The van der Waals surface area contributed by atoms with Gasteiger partial charge < -0.3 is 9.84 Å². The number of carboxylic acids is 1. The molecule has 0 aromatic rings. The monoisotopic (exact) mass is 208 g/mol. The molecule has 0 spiro atoms. The number of halogens is 1. The number of methoxy groups -OCH3 is 1. The summed E-state index contributed by atoms with van der Waals surface area (Å²) in [7, 11) is 1.51. The highest BCUT2D eigenvalue weighted by Crippen LogP contribution is 2.11. The van der Waals surface area contributed by atoms with Gasteiger partial charge in [0, 0.05) is 17.2 Å². The molecule has 58 valence electrons. The second kappa shape index (κ2) is 4.46. The fourth-order valence-electron chi connectivity index (χ4n) is 0.351. The first-order valence-electron chi connectivity index (χ1n) is 2.67. The van der Waals surface area contributed by atoms with Crippen LogP contribution in [0.4, 0.5) is 0 Å². The van der Waals surface area contributed by atoms with Gasteiger partial charge >= 0.3 is 5.97 Å². The predicted octanol–water partition coefficient (Wildman–Crippen LogP) is 1.39. The molecule has 0 atom stereocenters. The Balaban J connectivity index is 4.19. The minimum Gasteiger partial charge on any atom is -0.478 e. The molecule has 0 radical (unpaired) electrons. The Kier molecular flexibility index (Phi) is 4.31. The second-order valence-corrected chi connectivity index (χ2v) is 2.73. The number of hydrogen-bond acceptors (Lipinski definition) is 2. The summed E-state index contributed by atoms with van der Waals surface area (Å²) in [6.45, 7) is 1.82. The molecule has 0 aliphatic rings. The van der Waals surface area contributed by atoms with Crippen LogP contribution in [0.25, 0.3) is 0 Å². The molecule has 1 N–H and O–H groups in total. The number of ether oxygens (including phenoxy) is 1. The minimum absolute atomic E-state index is 0.279. The average Bonchev–Trinajstić information content (AvgIpc) is 1.87. The van der Waals surface area contributed by atoms with E-state index in [1.807, 2.05) is 0 Å². The van der Waals surface area contributed by atoms with Gasteiger partial charge in [-0.3, -0.25) is 0 Å². The summed E-state index contributed by atoms with van der Waals surface area (Å²) in [6.07, 6.45) is 0. The highest BCUT2D eigenvalue weighted by molar-refractivity contribution is 9.11. The number of carboxylic acid groups (broad SMARTS) is 1. The van der Waals surface area contributed by atoms with Crippen molar-refractivity contribution in [2.24, 2.45) is 0 Å². The maximum absolute atomic E-state index is 10.3. The van der Waals surface area contributed by atoms with Crippen LogP contribution in [-0.2, 0) is 9.53 Å². The summed E-state index contributed by atoms with van der Waals surface area (Å²) >= 11 is 3.08. The largest absolute Gasteiger partial charge is 0.478 e. The molecular formula is C6H9BrO3. The zero-order valence-corrected chi connectivity index (χ0v) is 7.43. The van der Waals surface area contributed by atoms with Crippen LogP contribution >= 0.6 is 15.9 Å². The van der Waals surface area contributed by atoms with Crippen molar-refractivity contribution in [1.29, 1.82) is 0 Å². The zero-order valence-electron chi connectivity index (χ0n) is 5.85. The SMILES string of the molecule is COC/C(Br)=C(/C)C(=O)O. The van der Waals surface area contributed by atoms with Gasteiger partial charge in [0.15, 0.2) is 0 Å². The standard InChI is InChI=1S/C6H9BrO3/c1-4(6(8)9)5(7)3-10-2/h3H2,1-2H3,(H,8,9)/b5-4+. The Hall–Kier alpha value is -0.350. The van der Waals surface area contributed by atoms with Gasteiger partial charge in [0.25, 0.3) is 0 Å². The second-order valence-electron chi connectivity index (χ2n) is 1.77. The van der Waals surface area contributed by atoms with E-state index in [-0.39, 0.29) is 5.57 Å². The highest BCUT2D eigenvalue weighted by Gasteiger charge is 2.05. The molecule has 0 rings (SSSR count). The van der Waals surface area contributed by atoms with E-state index in [0.717, 1.165) is 0 Å². The Labute approximate surface area is 67.8 Å². The molecule has 0 amide bonds. The molecular weight excluding hydrogens is 200 g/mol. The van der Waals surface area contributed by atoms with Gasteiger partial charge in [0.1, 0.15) is 0 Å². The third-order valence-electron chi connectivity index (χ3n) is 0.999. The Morgan fingerprint density at radius 3 is 2.50 bits per heavy atom. The summed E-state index contributed by atoms with van der Waals surface area (Å²) in [4.78, 5) is 10.3.